The van der Waals surface area contributed by atoms with Crippen molar-refractivity contribution in [2.45, 2.75) is 78.4 Å². The first-order valence-electron chi connectivity index (χ1n) is 7.59. The third-order valence-corrected chi connectivity index (χ3v) is 2.93. The second-order valence-electron chi connectivity index (χ2n) is 5.04. The number of hydrogen-bond acceptors (Lipinski definition) is 3. The molecule has 1 unspecified atom stereocenters. The molecule has 0 bridgehead atoms. The van der Waals surface area contributed by atoms with E-state index in [1.54, 1.807) is 6.92 Å². The third-order valence-electron chi connectivity index (χ3n) is 2.93. The van der Waals surface area contributed by atoms with Gasteiger partial charge in [-0.3, -0.25) is 0 Å². The van der Waals surface area contributed by atoms with Crippen LogP contribution in [0.5, 0.6) is 0 Å². The van der Waals surface area contributed by atoms with Crippen molar-refractivity contribution in [1.82, 2.24) is 0 Å². The highest BCUT2D eigenvalue weighted by atomic mass is 16.7. The molecule has 3 heteroatoms. The molecular formula is C16H30O3. The van der Waals surface area contributed by atoms with Crippen LogP contribution in [0.3, 0.4) is 0 Å². The van der Waals surface area contributed by atoms with Crippen LogP contribution in [0.25, 0.3) is 0 Å². The second kappa shape index (κ2) is 12.2. The van der Waals surface area contributed by atoms with E-state index in [0.29, 0.717) is 12.2 Å². The van der Waals surface area contributed by atoms with E-state index in [4.69, 9.17) is 9.47 Å². The van der Waals surface area contributed by atoms with Gasteiger partial charge in [-0.2, -0.15) is 0 Å². The van der Waals surface area contributed by atoms with Crippen LogP contribution < -0.4 is 0 Å². The van der Waals surface area contributed by atoms with Gasteiger partial charge >= 0.3 is 5.97 Å². The van der Waals surface area contributed by atoms with Gasteiger partial charge in [-0.1, -0.05) is 52.5 Å². The van der Waals surface area contributed by atoms with Gasteiger partial charge in [0.05, 0.1) is 6.61 Å². The maximum absolute atomic E-state index is 11.5. The molecular weight excluding hydrogens is 240 g/mol. The average Bonchev–Trinajstić information content (AvgIpc) is 2.38. The minimum atomic E-state index is -0.405. The van der Waals surface area contributed by atoms with Crippen LogP contribution in [0.4, 0.5) is 0 Å². The maximum Gasteiger partial charge on any atom is 0.335 e. The summed E-state index contributed by atoms with van der Waals surface area (Å²) < 4.78 is 11.0. The van der Waals surface area contributed by atoms with Gasteiger partial charge in [0, 0.05) is 12.0 Å². The zero-order valence-electron chi connectivity index (χ0n) is 12.9. The van der Waals surface area contributed by atoms with Crippen LogP contribution in [0, 0.1) is 0 Å². The van der Waals surface area contributed by atoms with Gasteiger partial charge < -0.3 is 9.47 Å². The predicted octanol–water partition coefficient (Wildman–Crippen LogP) is 4.61. The SMILES string of the molecule is C=C(C)C(=O)OC(CCCCC)OCCCCCC. The lowest BCUT2D eigenvalue weighted by atomic mass is 10.2. The molecule has 0 fully saturated rings. The van der Waals surface area contributed by atoms with E-state index in [2.05, 4.69) is 20.4 Å². The van der Waals surface area contributed by atoms with Gasteiger partial charge in [0.15, 0.2) is 0 Å². The number of carbonyl (C=O) groups excluding carboxylic acids is 1. The van der Waals surface area contributed by atoms with Crippen LogP contribution >= 0.6 is 0 Å². The molecule has 0 aliphatic carbocycles. The Hall–Kier alpha value is -0.830. The van der Waals surface area contributed by atoms with Crippen LogP contribution in [0.15, 0.2) is 12.2 Å². The molecule has 19 heavy (non-hydrogen) atoms. The van der Waals surface area contributed by atoms with Crippen LogP contribution in [0.2, 0.25) is 0 Å². The average molecular weight is 270 g/mol. The summed E-state index contributed by atoms with van der Waals surface area (Å²) in [5.74, 6) is -0.352. The predicted molar refractivity (Wildman–Crippen MR) is 78.9 cm³/mol. The second-order valence-corrected chi connectivity index (χ2v) is 5.04. The Balaban J connectivity index is 3.95. The zero-order chi connectivity index (χ0) is 14.5. The van der Waals surface area contributed by atoms with Crippen molar-refractivity contribution < 1.29 is 14.3 Å². The number of hydrogen-bond donors (Lipinski definition) is 0. The Morgan fingerprint density at radius 3 is 2.26 bits per heavy atom. The van der Waals surface area contributed by atoms with Crippen LogP contribution in [0.1, 0.15) is 72.1 Å². The number of unbranched alkanes of at least 4 members (excludes halogenated alkanes) is 5. The largest absolute Gasteiger partial charge is 0.432 e. The van der Waals surface area contributed by atoms with Crippen LogP contribution in [-0.2, 0) is 14.3 Å². The standard InChI is InChI=1S/C16H30O3/c1-5-7-9-11-13-18-15(12-10-8-6-2)19-16(17)14(3)4/h15H,3,5-13H2,1-2,4H3. The molecule has 0 aromatic carbocycles. The topological polar surface area (TPSA) is 35.5 Å². The molecule has 3 nitrogen and oxygen atoms in total. The third kappa shape index (κ3) is 10.8. The number of carbonyl (C=O) groups is 1. The summed E-state index contributed by atoms with van der Waals surface area (Å²) in [5, 5.41) is 0. The molecule has 0 aliphatic heterocycles. The van der Waals surface area contributed by atoms with Crippen molar-refractivity contribution in [3.05, 3.63) is 12.2 Å². The van der Waals surface area contributed by atoms with E-state index in [1.165, 1.54) is 19.3 Å². The number of ether oxygens (including phenoxy) is 2. The first-order chi connectivity index (χ1) is 9.11. The Bertz CT molecular complexity index is 248. The zero-order valence-corrected chi connectivity index (χ0v) is 12.9. The lowest BCUT2D eigenvalue weighted by Crippen LogP contribution is -2.22. The van der Waals surface area contributed by atoms with E-state index >= 15 is 0 Å². The Labute approximate surface area is 118 Å². The number of esters is 1. The minimum Gasteiger partial charge on any atom is -0.432 e. The van der Waals surface area contributed by atoms with Crippen molar-refractivity contribution in [2.75, 3.05) is 6.61 Å². The fraction of sp³-hybridized carbons (Fsp3) is 0.812. The molecule has 0 radical (unpaired) electrons. The van der Waals surface area contributed by atoms with E-state index < -0.39 is 6.29 Å². The first kappa shape index (κ1) is 18.2. The highest BCUT2D eigenvalue weighted by Gasteiger charge is 2.14. The summed E-state index contributed by atoms with van der Waals surface area (Å²) in [4.78, 5) is 11.5. The van der Waals surface area contributed by atoms with Crippen molar-refractivity contribution in [3.8, 4) is 0 Å². The summed E-state index contributed by atoms with van der Waals surface area (Å²) in [5.41, 5.74) is 0.426. The van der Waals surface area contributed by atoms with E-state index in [0.717, 1.165) is 32.1 Å². The molecule has 0 heterocycles. The van der Waals surface area contributed by atoms with Crippen molar-refractivity contribution >= 4 is 5.97 Å². The lowest BCUT2D eigenvalue weighted by molar-refractivity contribution is -0.176. The highest BCUT2D eigenvalue weighted by Crippen LogP contribution is 2.11. The molecule has 0 amide bonds. The maximum atomic E-state index is 11.5. The molecule has 0 saturated heterocycles. The quantitative estimate of drug-likeness (QED) is 0.225. The van der Waals surface area contributed by atoms with Crippen molar-refractivity contribution in [2.24, 2.45) is 0 Å². The minimum absolute atomic E-state index is 0.352. The Kier molecular flexibility index (Phi) is 11.7. The molecule has 112 valence electrons. The van der Waals surface area contributed by atoms with Crippen molar-refractivity contribution in [1.29, 1.82) is 0 Å². The van der Waals surface area contributed by atoms with E-state index in [1.807, 2.05) is 0 Å². The van der Waals surface area contributed by atoms with E-state index in [9.17, 15) is 4.79 Å². The van der Waals surface area contributed by atoms with Gasteiger partial charge in [-0.25, -0.2) is 4.79 Å². The van der Waals surface area contributed by atoms with Crippen LogP contribution in [-0.4, -0.2) is 18.9 Å². The fourth-order valence-electron chi connectivity index (χ4n) is 1.70. The molecule has 0 aromatic rings. The van der Waals surface area contributed by atoms with Gasteiger partial charge in [-0.05, 0) is 19.8 Å². The smallest absolute Gasteiger partial charge is 0.335 e. The lowest BCUT2D eigenvalue weighted by Gasteiger charge is -2.18. The molecule has 0 aliphatic rings. The molecule has 0 N–H and O–H groups in total. The summed E-state index contributed by atoms with van der Waals surface area (Å²) in [6.45, 7) is 10.3. The molecule has 0 spiro atoms. The Morgan fingerprint density at radius 2 is 1.68 bits per heavy atom. The van der Waals surface area contributed by atoms with Gasteiger partial charge in [0.2, 0.25) is 6.29 Å². The molecule has 0 saturated carbocycles. The van der Waals surface area contributed by atoms with Crippen molar-refractivity contribution in [3.63, 3.8) is 0 Å². The molecule has 0 rings (SSSR count). The van der Waals surface area contributed by atoms with Gasteiger partial charge in [0.25, 0.3) is 0 Å². The van der Waals surface area contributed by atoms with Gasteiger partial charge in [-0.15, -0.1) is 0 Å². The first-order valence-corrected chi connectivity index (χ1v) is 7.59. The summed E-state index contributed by atoms with van der Waals surface area (Å²) in [6.07, 6.45) is 8.34. The Morgan fingerprint density at radius 1 is 1.05 bits per heavy atom. The van der Waals surface area contributed by atoms with E-state index in [-0.39, 0.29) is 5.97 Å². The highest BCUT2D eigenvalue weighted by molar-refractivity contribution is 5.86. The summed E-state index contributed by atoms with van der Waals surface area (Å²) in [7, 11) is 0. The van der Waals surface area contributed by atoms with Gasteiger partial charge in [0.1, 0.15) is 0 Å². The molecule has 1 atom stereocenters. The number of rotatable bonds is 12. The fourth-order valence-corrected chi connectivity index (χ4v) is 1.70. The normalized spacial score (nSPS) is 12.2. The molecule has 0 aromatic heterocycles. The summed E-state index contributed by atoms with van der Waals surface area (Å²) in [6, 6.07) is 0. The summed E-state index contributed by atoms with van der Waals surface area (Å²) >= 11 is 0. The monoisotopic (exact) mass is 270 g/mol.